The molecule has 0 bridgehead atoms. The molecule has 2 nitrogen and oxygen atoms in total. The van der Waals surface area contributed by atoms with E-state index in [0.29, 0.717) is 27.5 Å². The molecule has 0 aromatic heterocycles. The van der Waals surface area contributed by atoms with Crippen molar-refractivity contribution in [3.63, 3.8) is 0 Å². The highest BCUT2D eigenvalue weighted by Crippen LogP contribution is 2.24. The third-order valence-electron chi connectivity index (χ3n) is 1.78. The number of halogens is 3. The second-order valence-electron chi connectivity index (χ2n) is 2.76. The van der Waals surface area contributed by atoms with Gasteiger partial charge in [0.2, 0.25) is 6.86 Å². The number of carbonyl (C=O) groups excluding carboxylic acids is 1. The van der Waals surface area contributed by atoms with Gasteiger partial charge in [0.1, 0.15) is 5.75 Å². The van der Waals surface area contributed by atoms with Crippen LogP contribution in [0.25, 0.3) is 0 Å². The second kappa shape index (κ2) is 6.23. The minimum Gasteiger partial charge on any atom is -0.463 e. The maximum atomic E-state index is 11.9. The zero-order valence-corrected chi connectivity index (χ0v) is 11.0. The Balaban J connectivity index is 2.87. The summed E-state index contributed by atoms with van der Waals surface area (Å²) in [5.74, 6) is 0.435. The normalized spacial score (nSPS) is 10.1. The molecule has 0 N–H and O–H groups in total. The fourth-order valence-electron chi connectivity index (χ4n) is 1.10. The van der Waals surface area contributed by atoms with E-state index in [1.54, 1.807) is 18.2 Å². The Morgan fingerprint density at radius 1 is 1.47 bits per heavy atom. The molecule has 0 spiro atoms. The summed E-state index contributed by atoms with van der Waals surface area (Å²) in [6, 6.07) is 4.78. The van der Waals surface area contributed by atoms with Gasteiger partial charge in [-0.15, -0.1) is 0 Å². The van der Waals surface area contributed by atoms with Gasteiger partial charge >= 0.3 is 0 Å². The molecule has 1 aromatic carbocycles. The van der Waals surface area contributed by atoms with E-state index in [1.165, 1.54) is 0 Å². The van der Waals surface area contributed by atoms with Gasteiger partial charge in [-0.05, 0) is 34.1 Å². The summed E-state index contributed by atoms with van der Waals surface area (Å²) in [6.07, 6.45) is 0.432. The van der Waals surface area contributed by atoms with E-state index in [0.717, 1.165) is 0 Å². The lowest BCUT2D eigenvalue weighted by Crippen LogP contribution is -2.01. The molecule has 0 unspecified atom stereocenters. The number of ether oxygens (including phenoxy) is 1. The van der Waals surface area contributed by atoms with E-state index in [1.807, 2.05) is 0 Å². The fraction of sp³-hybridized carbons (Fsp3) is 0.300. The van der Waals surface area contributed by atoms with Crippen molar-refractivity contribution in [3.8, 4) is 5.75 Å². The van der Waals surface area contributed by atoms with Gasteiger partial charge < -0.3 is 4.74 Å². The van der Waals surface area contributed by atoms with Crippen LogP contribution in [0, 0.1) is 0 Å². The largest absolute Gasteiger partial charge is 0.463 e. The predicted octanol–water partition coefficient (Wildman–Crippen LogP) is 3.72. The van der Waals surface area contributed by atoms with Crippen LogP contribution < -0.4 is 4.74 Å². The van der Waals surface area contributed by atoms with Crippen molar-refractivity contribution < 1.29 is 13.9 Å². The first kappa shape index (κ1) is 12.6. The van der Waals surface area contributed by atoms with Crippen molar-refractivity contribution in [2.45, 2.75) is 6.42 Å². The molecule has 0 radical (unpaired) electrons. The van der Waals surface area contributed by atoms with E-state index < -0.39 is 6.86 Å². The summed E-state index contributed by atoms with van der Waals surface area (Å²) in [5, 5.41) is 0.626. The molecule has 1 aromatic rings. The second-order valence-corrected chi connectivity index (χ2v) is 4.40. The quantitative estimate of drug-likeness (QED) is 0.603. The number of hydrogen-bond donors (Lipinski definition) is 0. The third-order valence-corrected chi connectivity index (χ3v) is 2.84. The standard InChI is InChI=1S/C10H9Br2FO2/c11-4-3-10(14)8-2-1-7(15-6-13)5-9(8)12/h1-2,5H,3-4,6H2. The maximum absolute atomic E-state index is 11.9. The molecule has 0 aliphatic carbocycles. The highest BCUT2D eigenvalue weighted by Gasteiger charge is 2.10. The number of hydrogen-bond acceptors (Lipinski definition) is 2. The summed E-state index contributed by atoms with van der Waals surface area (Å²) >= 11 is 6.45. The number of carbonyl (C=O) groups is 1. The highest BCUT2D eigenvalue weighted by atomic mass is 79.9. The predicted molar refractivity (Wildman–Crippen MR) is 63.5 cm³/mol. The van der Waals surface area contributed by atoms with Crippen LogP contribution in [0.5, 0.6) is 5.75 Å². The Hall–Kier alpha value is -0.420. The minimum absolute atomic E-state index is 0.0329. The molecule has 15 heavy (non-hydrogen) atoms. The van der Waals surface area contributed by atoms with Gasteiger partial charge in [0, 0.05) is 21.8 Å². The fourth-order valence-corrected chi connectivity index (χ4v) is 2.03. The van der Waals surface area contributed by atoms with Gasteiger partial charge in [-0.25, -0.2) is 4.39 Å². The lowest BCUT2D eigenvalue weighted by molar-refractivity contribution is 0.0989. The van der Waals surface area contributed by atoms with Crippen LogP contribution in [0.1, 0.15) is 16.8 Å². The van der Waals surface area contributed by atoms with Crippen molar-refractivity contribution in [2.75, 3.05) is 12.2 Å². The van der Waals surface area contributed by atoms with Crippen molar-refractivity contribution in [3.05, 3.63) is 28.2 Å². The molecule has 0 saturated heterocycles. The Labute approximate surface area is 104 Å². The third kappa shape index (κ3) is 3.57. The minimum atomic E-state index is -0.874. The first-order valence-electron chi connectivity index (χ1n) is 4.26. The van der Waals surface area contributed by atoms with Crippen LogP contribution in [-0.4, -0.2) is 18.0 Å². The monoisotopic (exact) mass is 338 g/mol. The Morgan fingerprint density at radius 2 is 2.20 bits per heavy atom. The molecular formula is C10H9Br2FO2. The molecule has 82 valence electrons. The number of benzene rings is 1. The number of alkyl halides is 2. The van der Waals surface area contributed by atoms with Crippen LogP contribution in [0.2, 0.25) is 0 Å². The Bertz CT molecular complexity index is 355. The average Bonchev–Trinajstić information content (AvgIpc) is 2.18. The molecule has 5 heteroatoms. The average molecular weight is 340 g/mol. The zero-order chi connectivity index (χ0) is 11.3. The topological polar surface area (TPSA) is 26.3 Å². The van der Waals surface area contributed by atoms with Crippen molar-refractivity contribution in [1.82, 2.24) is 0 Å². The molecular weight excluding hydrogens is 331 g/mol. The van der Waals surface area contributed by atoms with Crippen LogP contribution in [0.15, 0.2) is 22.7 Å². The van der Waals surface area contributed by atoms with Crippen LogP contribution >= 0.6 is 31.9 Å². The van der Waals surface area contributed by atoms with E-state index in [9.17, 15) is 9.18 Å². The van der Waals surface area contributed by atoms with E-state index in [4.69, 9.17) is 0 Å². The van der Waals surface area contributed by atoms with E-state index in [2.05, 4.69) is 36.6 Å². The molecule has 0 atom stereocenters. The molecule has 0 aliphatic rings. The van der Waals surface area contributed by atoms with Gasteiger partial charge in [0.15, 0.2) is 5.78 Å². The van der Waals surface area contributed by atoms with Crippen LogP contribution in [-0.2, 0) is 0 Å². The van der Waals surface area contributed by atoms with E-state index in [-0.39, 0.29) is 5.78 Å². The maximum Gasteiger partial charge on any atom is 0.228 e. The highest BCUT2D eigenvalue weighted by molar-refractivity contribution is 9.10. The Kier molecular flexibility index (Phi) is 5.25. The van der Waals surface area contributed by atoms with Gasteiger partial charge in [-0.2, -0.15) is 0 Å². The summed E-state index contributed by atoms with van der Waals surface area (Å²) in [7, 11) is 0. The lowest BCUT2D eigenvalue weighted by Gasteiger charge is -2.05. The number of Topliss-reactive ketones (excluding diaryl/α,β-unsaturated/α-hetero) is 1. The SMILES string of the molecule is O=C(CCBr)c1ccc(OCF)cc1Br. The zero-order valence-electron chi connectivity index (χ0n) is 7.80. The summed E-state index contributed by atoms with van der Waals surface area (Å²) in [5.41, 5.74) is 0.584. The summed E-state index contributed by atoms with van der Waals surface area (Å²) in [6.45, 7) is -0.874. The van der Waals surface area contributed by atoms with Crippen molar-refractivity contribution in [2.24, 2.45) is 0 Å². The molecule has 0 amide bonds. The van der Waals surface area contributed by atoms with E-state index >= 15 is 0 Å². The molecule has 1 rings (SSSR count). The Morgan fingerprint density at radius 3 is 2.73 bits per heavy atom. The molecule has 0 aliphatic heterocycles. The lowest BCUT2D eigenvalue weighted by atomic mass is 10.1. The summed E-state index contributed by atoms with van der Waals surface area (Å²) < 4.78 is 17.2. The van der Waals surface area contributed by atoms with Crippen LogP contribution in [0.4, 0.5) is 4.39 Å². The van der Waals surface area contributed by atoms with Gasteiger partial charge in [-0.3, -0.25) is 4.79 Å². The molecule has 0 saturated carbocycles. The molecule has 0 fully saturated rings. The van der Waals surface area contributed by atoms with Gasteiger partial charge in [0.05, 0.1) is 0 Å². The number of ketones is 1. The number of rotatable bonds is 5. The molecule has 0 heterocycles. The summed E-state index contributed by atoms with van der Waals surface area (Å²) in [4.78, 5) is 11.6. The van der Waals surface area contributed by atoms with Gasteiger partial charge in [-0.1, -0.05) is 15.9 Å². The van der Waals surface area contributed by atoms with Gasteiger partial charge in [0.25, 0.3) is 0 Å². The van der Waals surface area contributed by atoms with Crippen molar-refractivity contribution in [1.29, 1.82) is 0 Å². The van der Waals surface area contributed by atoms with Crippen LogP contribution in [0.3, 0.4) is 0 Å². The smallest absolute Gasteiger partial charge is 0.228 e. The van der Waals surface area contributed by atoms with Crippen molar-refractivity contribution >= 4 is 37.6 Å². The first-order chi connectivity index (χ1) is 7.19. The first-order valence-corrected chi connectivity index (χ1v) is 6.18.